The van der Waals surface area contributed by atoms with Crippen molar-refractivity contribution in [1.82, 2.24) is 4.98 Å². The predicted octanol–water partition coefficient (Wildman–Crippen LogP) is 3.33. The number of nitrogens with zero attached hydrogens (tertiary/aromatic N) is 2. The molecule has 0 spiro atoms. The first-order chi connectivity index (χ1) is 11.1. The number of hydrogen-bond donors (Lipinski definition) is 0. The molecule has 1 atom stereocenters. The molecule has 1 aromatic heterocycles. The average Bonchev–Trinajstić information content (AvgIpc) is 2.59. The first kappa shape index (κ1) is 17.0. The topological polar surface area (TPSA) is 59.5 Å². The molecule has 0 saturated heterocycles. The summed E-state index contributed by atoms with van der Waals surface area (Å²) in [7, 11) is 1.31. The van der Waals surface area contributed by atoms with Gasteiger partial charge in [-0.2, -0.15) is 0 Å². The fourth-order valence-corrected chi connectivity index (χ4v) is 2.37. The van der Waals surface area contributed by atoms with Gasteiger partial charge < -0.3 is 4.74 Å². The molecule has 23 heavy (non-hydrogen) atoms. The molecule has 0 bridgehead atoms. The quantitative estimate of drug-likeness (QED) is 0.622. The second-order valence-electron chi connectivity index (χ2n) is 4.83. The van der Waals surface area contributed by atoms with Gasteiger partial charge in [-0.1, -0.05) is 36.7 Å². The summed E-state index contributed by atoms with van der Waals surface area (Å²) in [5, 5.41) is 0.299. The van der Waals surface area contributed by atoms with E-state index < -0.39 is 12.0 Å². The summed E-state index contributed by atoms with van der Waals surface area (Å²) < 4.78 is 4.84. The number of halogens is 1. The van der Waals surface area contributed by atoms with Crippen molar-refractivity contribution in [3.63, 3.8) is 0 Å². The number of esters is 1. The molecule has 1 amide bonds. The van der Waals surface area contributed by atoms with Gasteiger partial charge in [0, 0.05) is 11.9 Å². The van der Waals surface area contributed by atoms with E-state index >= 15 is 0 Å². The molecule has 0 aliphatic rings. The summed E-state index contributed by atoms with van der Waals surface area (Å²) >= 11 is 5.77. The summed E-state index contributed by atoms with van der Waals surface area (Å²) in [4.78, 5) is 30.4. The number of para-hydroxylation sites is 1. The van der Waals surface area contributed by atoms with Crippen LogP contribution in [0.4, 0.5) is 5.69 Å². The monoisotopic (exact) mass is 332 g/mol. The van der Waals surface area contributed by atoms with Crippen LogP contribution >= 0.6 is 11.6 Å². The number of carbonyl (C=O) groups is 2. The number of rotatable bonds is 5. The molecule has 1 heterocycles. The van der Waals surface area contributed by atoms with E-state index in [0.29, 0.717) is 22.8 Å². The molecular formula is C17H17ClN2O3. The third-order valence-corrected chi connectivity index (χ3v) is 3.62. The van der Waals surface area contributed by atoms with E-state index in [1.54, 1.807) is 30.3 Å². The number of ether oxygens (including phenoxy) is 1. The second-order valence-corrected chi connectivity index (χ2v) is 5.21. The predicted molar refractivity (Wildman–Crippen MR) is 88.6 cm³/mol. The lowest BCUT2D eigenvalue weighted by Gasteiger charge is -2.29. The van der Waals surface area contributed by atoms with Crippen LogP contribution in [0.5, 0.6) is 0 Å². The maximum atomic E-state index is 12.9. The highest BCUT2D eigenvalue weighted by Crippen LogP contribution is 2.22. The Morgan fingerprint density at radius 3 is 2.43 bits per heavy atom. The summed E-state index contributed by atoms with van der Waals surface area (Å²) in [5.74, 6) is -0.802. The molecule has 2 aromatic rings. The summed E-state index contributed by atoms with van der Waals surface area (Å²) in [5.41, 5.74) is 0.963. The Morgan fingerprint density at radius 2 is 1.91 bits per heavy atom. The number of amides is 1. The minimum absolute atomic E-state index is 0.299. The van der Waals surface area contributed by atoms with Crippen LogP contribution in [0, 0.1) is 0 Å². The lowest BCUT2D eigenvalue weighted by molar-refractivity contribution is -0.142. The van der Waals surface area contributed by atoms with E-state index in [0.717, 1.165) is 0 Å². The molecule has 6 heteroatoms. The number of hydrogen-bond acceptors (Lipinski definition) is 4. The van der Waals surface area contributed by atoms with Crippen LogP contribution in [0.2, 0.25) is 5.15 Å². The minimum atomic E-state index is -0.717. The lowest BCUT2D eigenvalue weighted by Crippen LogP contribution is -2.45. The van der Waals surface area contributed by atoms with Crippen molar-refractivity contribution in [2.24, 2.45) is 0 Å². The average molecular weight is 333 g/mol. The van der Waals surface area contributed by atoms with E-state index in [2.05, 4.69) is 4.98 Å². The van der Waals surface area contributed by atoms with Gasteiger partial charge in [-0.15, -0.1) is 0 Å². The van der Waals surface area contributed by atoms with Crippen LogP contribution in [0.25, 0.3) is 0 Å². The fourth-order valence-electron chi connectivity index (χ4n) is 2.26. The molecule has 1 aromatic carbocycles. The van der Waals surface area contributed by atoms with Crippen LogP contribution in [-0.2, 0) is 9.53 Å². The molecule has 0 aliphatic heterocycles. The van der Waals surface area contributed by atoms with Gasteiger partial charge in [-0.3, -0.25) is 9.69 Å². The first-order valence-electron chi connectivity index (χ1n) is 7.16. The van der Waals surface area contributed by atoms with Crippen molar-refractivity contribution in [3.05, 3.63) is 59.4 Å². The molecule has 0 aliphatic carbocycles. The Hall–Kier alpha value is -2.40. The normalized spacial score (nSPS) is 11.6. The standard InChI is InChI=1S/C17H17ClN2O3/c1-3-14(17(22)23-2)20(13-7-5-4-6-8-13)16(21)12-9-10-15(18)19-11-12/h4-11,14H,3H2,1-2H3/t14-/m0/s1. The zero-order chi connectivity index (χ0) is 16.8. The van der Waals surface area contributed by atoms with E-state index in [-0.39, 0.29) is 5.91 Å². The highest BCUT2D eigenvalue weighted by atomic mass is 35.5. The largest absolute Gasteiger partial charge is 0.467 e. The molecule has 5 nitrogen and oxygen atoms in total. The van der Waals surface area contributed by atoms with E-state index in [9.17, 15) is 9.59 Å². The number of aromatic nitrogens is 1. The molecule has 120 valence electrons. The minimum Gasteiger partial charge on any atom is -0.467 e. The molecule has 0 fully saturated rings. The van der Waals surface area contributed by atoms with Gasteiger partial charge in [-0.25, -0.2) is 9.78 Å². The summed E-state index contributed by atoms with van der Waals surface area (Å²) in [6.45, 7) is 1.82. The third kappa shape index (κ3) is 3.87. The van der Waals surface area contributed by atoms with Gasteiger partial charge in [0.15, 0.2) is 0 Å². The van der Waals surface area contributed by atoms with E-state index in [1.165, 1.54) is 24.3 Å². The number of carbonyl (C=O) groups excluding carboxylic acids is 2. The molecular weight excluding hydrogens is 316 g/mol. The Morgan fingerprint density at radius 1 is 1.22 bits per heavy atom. The number of methoxy groups -OCH3 is 1. The highest BCUT2D eigenvalue weighted by Gasteiger charge is 2.31. The van der Waals surface area contributed by atoms with Crippen molar-refractivity contribution >= 4 is 29.2 Å². The Bertz CT molecular complexity index is 674. The summed E-state index contributed by atoms with van der Waals surface area (Å²) in [6.07, 6.45) is 1.82. The Kier molecular flexibility index (Phi) is 5.71. The zero-order valence-corrected chi connectivity index (χ0v) is 13.7. The van der Waals surface area contributed by atoms with Gasteiger partial charge >= 0.3 is 5.97 Å². The van der Waals surface area contributed by atoms with E-state index in [1.807, 2.05) is 13.0 Å². The van der Waals surface area contributed by atoms with Gasteiger partial charge in [-0.05, 0) is 30.7 Å². The molecule has 0 unspecified atom stereocenters. The van der Waals surface area contributed by atoms with Crippen molar-refractivity contribution in [1.29, 1.82) is 0 Å². The van der Waals surface area contributed by atoms with Crippen LogP contribution in [-0.4, -0.2) is 30.0 Å². The van der Waals surface area contributed by atoms with Crippen LogP contribution < -0.4 is 4.90 Å². The number of pyridine rings is 1. The van der Waals surface area contributed by atoms with Crippen molar-refractivity contribution in [2.75, 3.05) is 12.0 Å². The molecule has 0 radical (unpaired) electrons. The van der Waals surface area contributed by atoms with Crippen molar-refractivity contribution < 1.29 is 14.3 Å². The number of benzene rings is 1. The molecule has 2 rings (SSSR count). The van der Waals surface area contributed by atoms with Gasteiger partial charge in [0.05, 0.1) is 12.7 Å². The molecule has 0 saturated carbocycles. The van der Waals surface area contributed by atoms with Crippen LogP contribution in [0.3, 0.4) is 0 Å². The van der Waals surface area contributed by atoms with Crippen LogP contribution in [0.1, 0.15) is 23.7 Å². The first-order valence-corrected chi connectivity index (χ1v) is 7.54. The summed E-state index contributed by atoms with van der Waals surface area (Å²) in [6, 6.07) is 11.4. The SMILES string of the molecule is CC[C@@H](C(=O)OC)N(C(=O)c1ccc(Cl)nc1)c1ccccc1. The highest BCUT2D eigenvalue weighted by molar-refractivity contribution is 6.29. The van der Waals surface area contributed by atoms with E-state index in [4.69, 9.17) is 16.3 Å². The third-order valence-electron chi connectivity index (χ3n) is 3.40. The maximum absolute atomic E-state index is 12.9. The smallest absolute Gasteiger partial charge is 0.328 e. The zero-order valence-electron chi connectivity index (χ0n) is 12.9. The lowest BCUT2D eigenvalue weighted by atomic mass is 10.1. The molecule has 0 N–H and O–H groups in total. The Balaban J connectivity index is 2.46. The second kappa shape index (κ2) is 7.74. The van der Waals surface area contributed by atoms with Crippen LogP contribution in [0.15, 0.2) is 48.7 Å². The van der Waals surface area contributed by atoms with Gasteiger partial charge in [0.25, 0.3) is 5.91 Å². The Labute approximate surface area is 139 Å². The number of anilines is 1. The van der Waals surface area contributed by atoms with Crippen molar-refractivity contribution in [2.45, 2.75) is 19.4 Å². The maximum Gasteiger partial charge on any atom is 0.328 e. The van der Waals surface area contributed by atoms with Gasteiger partial charge in [0.1, 0.15) is 11.2 Å². The van der Waals surface area contributed by atoms with Crippen molar-refractivity contribution in [3.8, 4) is 0 Å². The van der Waals surface area contributed by atoms with Gasteiger partial charge in [0.2, 0.25) is 0 Å². The fraction of sp³-hybridized carbons (Fsp3) is 0.235.